The van der Waals surface area contributed by atoms with Crippen LogP contribution < -0.4 is 0 Å². The maximum atomic E-state index is 13.5. The molecule has 0 aromatic carbocycles. The van der Waals surface area contributed by atoms with Crippen LogP contribution in [0.2, 0.25) is 0 Å². The van der Waals surface area contributed by atoms with Gasteiger partial charge in [-0.15, -0.1) is 0 Å². The average Bonchev–Trinajstić information content (AvgIpc) is 2.98. The number of hydrogen-bond donors (Lipinski definition) is 2. The van der Waals surface area contributed by atoms with Crippen molar-refractivity contribution in [3.63, 3.8) is 0 Å². The van der Waals surface area contributed by atoms with Gasteiger partial charge in [-0.3, -0.25) is 0 Å². The van der Waals surface area contributed by atoms with Gasteiger partial charge in [-0.2, -0.15) is 0 Å². The third-order valence-electron chi connectivity index (χ3n) is 9.63. The van der Waals surface area contributed by atoms with E-state index in [0.717, 1.165) is 17.6 Å². The maximum absolute atomic E-state index is 13.5. The van der Waals surface area contributed by atoms with E-state index in [1.54, 1.807) is 20.3 Å². The normalized spacial score (nSPS) is 39.5. The Kier molecular flexibility index (Phi) is 15.3. The predicted octanol–water partition coefficient (Wildman–Crippen LogP) is 6.03. The number of carbonyl (C=O) groups is 1. The molecule has 0 aromatic heterocycles. The van der Waals surface area contributed by atoms with Crippen molar-refractivity contribution in [3.05, 3.63) is 47.3 Å². The zero-order chi connectivity index (χ0) is 33.3. The smallest absolute Gasteiger partial charge is 0.373 e. The maximum Gasteiger partial charge on any atom is 0.373 e. The summed E-state index contributed by atoms with van der Waals surface area (Å²) in [6, 6.07) is 0. The van der Waals surface area contributed by atoms with Crippen LogP contribution in [0.1, 0.15) is 75.2 Å². The SMILES string of the molecule is CO/C1=C\C(C)=C\[C@@H](C)[C@@H](O)[C@@H](C)C/C(C)=C/C=C/[C@H](OC)[C@@H]([C@@H](C)[C@@H](O)[C@H](C)[C@H]2C[C@@H](OC)[C@H](C)[C@@H](C(C)C)O2)OC1=O. The molecule has 0 aliphatic carbocycles. The number of aliphatic hydroxyl groups excluding tert-OH is 2. The number of carbonyl (C=O) groups excluding carboxylic acids is 1. The van der Waals surface area contributed by atoms with Gasteiger partial charge in [0.25, 0.3) is 0 Å². The van der Waals surface area contributed by atoms with Gasteiger partial charge >= 0.3 is 5.97 Å². The van der Waals surface area contributed by atoms with Crippen LogP contribution in [0.15, 0.2) is 47.3 Å². The number of esters is 1. The molecule has 1 fully saturated rings. The lowest BCUT2D eigenvalue weighted by Gasteiger charge is -2.45. The Hall–Kier alpha value is -1.97. The molecule has 0 aromatic rings. The highest BCUT2D eigenvalue weighted by atomic mass is 16.6. The van der Waals surface area contributed by atoms with E-state index in [4.69, 9.17) is 23.7 Å². The molecule has 0 amide bonds. The molecule has 8 heteroatoms. The lowest BCUT2D eigenvalue weighted by molar-refractivity contribution is -0.189. The van der Waals surface area contributed by atoms with Crippen LogP contribution in [0.4, 0.5) is 0 Å². The Morgan fingerprint density at radius 3 is 2.20 bits per heavy atom. The minimum atomic E-state index is -0.870. The fraction of sp³-hybridized carbons (Fsp3) is 0.750. The van der Waals surface area contributed by atoms with Crippen LogP contribution in [0.3, 0.4) is 0 Å². The first kappa shape index (κ1) is 38.2. The monoisotopic (exact) mass is 620 g/mol. The first-order valence-corrected chi connectivity index (χ1v) is 16.2. The van der Waals surface area contributed by atoms with Crippen molar-refractivity contribution in [3.8, 4) is 0 Å². The standard InChI is InChI=1S/C36H60O8/c1-20(2)34-26(8)29(41-11)19-30(43-34)25(7)33(38)27(9)35-28(40-10)15-13-14-21(3)16-23(5)32(37)24(6)17-22(4)18-31(42-12)36(39)44-35/h13-15,17-18,20,23-30,32-35,37-38H,16,19H2,1-12H3/b15-13+,21-14+,22-17+,31-18-/t23-,24+,25+,26-,27-,28-,29+,30+,32-,33-,34+,35+/m0/s1. The van der Waals surface area contributed by atoms with Gasteiger partial charge in [0.1, 0.15) is 12.2 Å². The van der Waals surface area contributed by atoms with E-state index >= 15 is 0 Å². The zero-order valence-corrected chi connectivity index (χ0v) is 29.2. The molecule has 12 atom stereocenters. The molecule has 2 heterocycles. The van der Waals surface area contributed by atoms with E-state index < -0.39 is 36.3 Å². The summed E-state index contributed by atoms with van der Waals surface area (Å²) < 4.78 is 29.8. The van der Waals surface area contributed by atoms with E-state index in [1.165, 1.54) is 7.11 Å². The number of aliphatic hydroxyl groups is 2. The number of rotatable bonds is 8. The molecule has 0 saturated carbocycles. The predicted molar refractivity (Wildman–Crippen MR) is 174 cm³/mol. The van der Waals surface area contributed by atoms with Gasteiger partial charge in [-0.1, -0.05) is 83.9 Å². The van der Waals surface area contributed by atoms with Crippen molar-refractivity contribution in [2.45, 2.75) is 118 Å². The number of ether oxygens (including phenoxy) is 5. The lowest BCUT2D eigenvalue weighted by Crippen LogP contribution is -2.52. The van der Waals surface area contributed by atoms with Gasteiger partial charge in [-0.25, -0.2) is 4.79 Å². The van der Waals surface area contributed by atoms with Gasteiger partial charge < -0.3 is 33.9 Å². The first-order chi connectivity index (χ1) is 20.7. The van der Waals surface area contributed by atoms with E-state index in [9.17, 15) is 15.0 Å². The molecule has 2 aliphatic rings. The lowest BCUT2D eigenvalue weighted by atomic mass is 9.78. The van der Waals surface area contributed by atoms with Crippen LogP contribution in [0.5, 0.6) is 0 Å². The Morgan fingerprint density at radius 1 is 0.977 bits per heavy atom. The number of allylic oxidation sites excluding steroid dienone is 5. The average molecular weight is 621 g/mol. The number of hydrogen-bond acceptors (Lipinski definition) is 8. The minimum absolute atomic E-state index is 0.00560. The summed E-state index contributed by atoms with van der Waals surface area (Å²) in [6.45, 7) is 18.2. The Balaban J connectivity index is 2.48. The van der Waals surface area contributed by atoms with E-state index in [2.05, 4.69) is 20.8 Å². The van der Waals surface area contributed by atoms with Crippen molar-refractivity contribution < 1.29 is 38.7 Å². The second kappa shape index (κ2) is 17.7. The zero-order valence-electron chi connectivity index (χ0n) is 29.2. The highest BCUT2D eigenvalue weighted by molar-refractivity contribution is 5.87. The van der Waals surface area contributed by atoms with Crippen molar-refractivity contribution in [1.82, 2.24) is 0 Å². The molecule has 0 radical (unpaired) electrons. The van der Waals surface area contributed by atoms with Gasteiger partial charge in [-0.05, 0) is 38.2 Å². The van der Waals surface area contributed by atoms with E-state index in [1.807, 2.05) is 65.8 Å². The van der Waals surface area contributed by atoms with E-state index in [-0.39, 0.29) is 47.7 Å². The second-order valence-corrected chi connectivity index (χ2v) is 13.6. The fourth-order valence-corrected chi connectivity index (χ4v) is 6.83. The molecule has 8 nitrogen and oxygen atoms in total. The van der Waals surface area contributed by atoms with Crippen molar-refractivity contribution in [2.75, 3.05) is 21.3 Å². The quantitative estimate of drug-likeness (QED) is 0.317. The van der Waals surface area contributed by atoms with Crippen LogP contribution in [0, 0.1) is 35.5 Å². The van der Waals surface area contributed by atoms with E-state index in [0.29, 0.717) is 12.3 Å². The molecule has 2 aliphatic heterocycles. The van der Waals surface area contributed by atoms with Crippen LogP contribution >= 0.6 is 0 Å². The Morgan fingerprint density at radius 2 is 1.64 bits per heavy atom. The summed E-state index contributed by atoms with van der Waals surface area (Å²) in [4.78, 5) is 13.5. The highest BCUT2D eigenvalue weighted by Crippen LogP contribution is 2.37. The third kappa shape index (κ3) is 10.0. The number of methoxy groups -OCH3 is 3. The van der Waals surface area contributed by atoms with Crippen molar-refractivity contribution in [2.24, 2.45) is 35.5 Å². The van der Waals surface area contributed by atoms with Gasteiger partial charge in [0.15, 0.2) is 0 Å². The summed E-state index contributed by atoms with van der Waals surface area (Å²) in [6.07, 6.45) is 7.58. The molecule has 1 saturated heterocycles. The molecule has 252 valence electrons. The summed E-state index contributed by atoms with van der Waals surface area (Å²) in [5.74, 6) is -0.980. The van der Waals surface area contributed by atoms with Crippen LogP contribution in [-0.2, 0) is 28.5 Å². The molecule has 2 rings (SSSR count). The van der Waals surface area contributed by atoms with Crippen molar-refractivity contribution >= 4 is 5.97 Å². The van der Waals surface area contributed by atoms with Gasteiger partial charge in [0.2, 0.25) is 5.76 Å². The van der Waals surface area contributed by atoms with Gasteiger partial charge in [0, 0.05) is 44.3 Å². The van der Waals surface area contributed by atoms with Gasteiger partial charge in [0.05, 0.1) is 37.6 Å². The minimum Gasteiger partial charge on any atom is -0.490 e. The molecule has 2 N–H and O–H groups in total. The summed E-state index contributed by atoms with van der Waals surface area (Å²) in [7, 11) is 4.72. The molecule has 0 unspecified atom stereocenters. The topological polar surface area (TPSA) is 104 Å². The first-order valence-electron chi connectivity index (χ1n) is 16.2. The fourth-order valence-electron chi connectivity index (χ4n) is 6.83. The second-order valence-electron chi connectivity index (χ2n) is 13.6. The molecule has 0 spiro atoms. The van der Waals surface area contributed by atoms with Crippen molar-refractivity contribution in [1.29, 1.82) is 0 Å². The molecular weight excluding hydrogens is 560 g/mol. The molecule has 0 bridgehead atoms. The van der Waals surface area contributed by atoms with Crippen LogP contribution in [0.25, 0.3) is 0 Å². The molecule has 44 heavy (non-hydrogen) atoms. The third-order valence-corrected chi connectivity index (χ3v) is 9.63. The summed E-state index contributed by atoms with van der Waals surface area (Å²) in [5.41, 5.74) is 1.88. The number of cyclic esters (lactones) is 1. The molecular formula is C36H60O8. The van der Waals surface area contributed by atoms with Crippen LogP contribution in [-0.4, -0.2) is 80.2 Å². The largest absolute Gasteiger partial charge is 0.490 e. The Labute approximate surface area is 266 Å². The Bertz CT molecular complexity index is 1030. The highest BCUT2D eigenvalue weighted by Gasteiger charge is 2.44. The summed E-state index contributed by atoms with van der Waals surface area (Å²) >= 11 is 0. The summed E-state index contributed by atoms with van der Waals surface area (Å²) in [5, 5.41) is 22.7.